The molecule has 1 heterocycles. The number of nitrogens with zero attached hydrogens (tertiary/aromatic N) is 1. The smallest absolute Gasteiger partial charge is 0.0258 e. The van der Waals surface area contributed by atoms with Crippen molar-refractivity contribution >= 4 is 0 Å². The lowest BCUT2D eigenvalue weighted by atomic mass is 9.88. The van der Waals surface area contributed by atoms with Crippen LogP contribution in [0.1, 0.15) is 66.7 Å². The maximum atomic E-state index is 3.49. The normalized spacial score (nSPS) is 31.5. The molecule has 2 nitrogen and oxygen atoms in total. The average Bonchev–Trinajstić information content (AvgIpc) is 2.38. The van der Waals surface area contributed by atoms with Crippen molar-refractivity contribution in [1.82, 2.24) is 10.2 Å². The van der Waals surface area contributed by atoms with Crippen LogP contribution >= 0.6 is 0 Å². The molecule has 1 fully saturated rings. The number of rotatable bonds is 6. The maximum absolute atomic E-state index is 3.49. The summed E-state index contributed by atoms with van der Waals surface area (Å²) in [4.78, 5) is 2.76. The second-order valence-electron chi connectivity index (χ2n) is 6.30. The number of hydrogen-bond acceptors (Lipinski definition) is 2. The van der Waals surface area contributed by atoms with E-state index in [2.05, 4.69) is 58.0 Å². The fourth-order valence-corrected chi connectivity index (χ4v) is 3.63. The van der Waals surface area contributed by atoms with Crippen molar-refractivity contribution in [1.29, 1.82) is 0 Å². The minimum absolute atomic E-state index is 0.573. The molecule has 0 aromatic rings. The fraction of sp³-hybridized carbons (Fsp3) is 0.882. The summed E-state index contributed by atoms with van der Waals surface area (Å²) in [5.74, 6) is 0. The Balaban J connectivity index is 2.81. The summed E-state index contributed by atoms with van der Waals surface area (Å²) in [5.41, 5.74) is 1.52. The fourth-order valence-electron chi connectivity index (χ4n) is 3.63. The minimum Gasteiger partial charge on any atom is -0.317 e. The van der Waals surface area contributed by atoms with Gasteiger partial charge in [0.05, 0.1) is 0 Å². The van der Waals surface area contributed by atoms with Gasteiger partial charge in [0.25, 0.3) is 0 Å². The van der Waals surface area contributed by atoms with Crippen molar-refractivity contribution in [3.05, 3.63) is 11.6 Å². The van der Waals surface area contributed by atoms with Gasteiger partial charge in [-0.25, -0.2) is 0 Å². The molecule has 0 saturated carbocycles. The summed E-state index contributed by atoms with van der Waals surface area (Å²) in [5, 5.41) is 3.49. The van der Waals surface area contributed by atoms with Gasteiger partial charge in [0.2, 0.25) is 0 Å². The van der Waals surface area contributed by atoms with Crippen LogP contribution in [0.4, 0.5) is 0 Å². The molecule has 0 aliphatic carbocycles. The largest absolute Gasteiger partial charge is 0.317 e. The highest BCUT2D eigenvalue weighted by molar-refractivity contribution is 5.05. The summed E-state index contributed by atoms with van der Waals surface area (Å²) < 4.78 is 0. The van der Waals surface area contributed by atoms with Crippen LogP contribution in [0.15, 0.2) is 11.6 Å². The van der Waals surface area contributed by atoms with Crippen molar-refractivity contribution in [2.75, 3.05) is 7.05 Å². The van der Waals surface area contributed by atoms with Gasteiger partial charge >= 0.3 is 0 Å². The first-order chi connectivity index (χ1) is 9.03. The number of allylic oxidation sites excluding steroid dienone is 1. The van der Waals surface area contributed by atoms with E-state index in [1.54, 1.807) is 0 Å². The van der Waals surface area contributed by atoms with E-state index in [4.69, 9.17) is 0 Å². The molecule has 19 heavy (non-hydrogen) atoms. The summed E-state index contributed by atoms with van der Waals surface area (Å²) in [6.45, 7) is 11.6. The van der Waals surface area contributed by atoms with Crippen molar-refractivity contribution in [3.63, 3.8) is 0 Å². The SMILES string of the molecule is CCCC1CC(NC)C[C@@H](C)N1C(C)/C=C(\C)CC. The zero-order chi connectivity index (χ0) is 14.4. The van der Waals surface area contributed by atoms with E-state index in [1.165, 1.54) is 37.7 Å². The molecule has 2 heteroatoms. The highest BCUT2D eigenvalue weighted by atomic mass is 15.2. The van der Waals surface area contributed by atoms with E-state index in [0.717, 1.165) is 6.04 Å². The molecule has 0 radical (unpaired) electrons. The van der Waals surface area contributed by atoms with E-state index in [1.807, 2.05) is 0 Å². The molecule has 0 bridgehead atoms. The Hall–Kier alpha value is -0.340. The molecule has 0 aromatic carbocycles. The van der Waals surface area contributed by atoms with Crippen molar-refractivity contribution in [2.45, 2.75) is 90.9 Å². The minimum atomic E-state index is 0.573. The average molecular weight is 266 g/mol. The van der Waals surface area contributed by atoms with E-state index < -0.39 is 0 Å². The zero-order valence-electron chi connectivity index (χ0n) is 13.9. The van der Waals surface area contributed by atoms with Crippen LogP contribution in [0.25, 0.3) is 0 Å². The van der Waals surface area contributed by atoms with Crippen LogP contribution in [-0.4, -0.2) is 36.1 Å². The number of likely N-dealkylation sites (tertiary alicyclic amines) is 1. The Morgan fingerprint density at radius 2 is 2.05 bits per heavy atom. The lowest BCUT2D eigenvalue weighted by Gasteiger charge is -2.47. The maximum Gasteiger partial charge on any atom is 0.0258 e. The third kappa shape index (κ3) is 4.61. The Kier molecular flexibility index (Phi) is 7.09. The number of nitrogens with one attached hydrogen (secondary N) is 1. The monoisotopic (exact) mass is 266 g/mol. The molecule has 1 N–H and O–H groups in total. The van der Waals surface area contributed by atoms with Gasteiger partial charge in [-0.05, 0) is 53.5 Å². The first kappa shape index (κ1) is 16.7. The Morgan fingerprint density at radius 3 is 2.58 bits per heavy atom. The predicted octanol–water partition coefficient (Wildman–Crippen LogP) is 3.97. The van der Waals surface area contributed by atoms with Crippen molar-refractivity contribution < 1.29 is 0 Å². The van der Waals surface area contributed by atoms with Crippen LogP contribution in [0.3, 0.4) is 0 Å². The van der Waals surface area contributed by atoms with Crippen molar-refractivity contribution in [2.24, 2.45) is 0 Å². The third-order valence-electron chi connectivity index (χ3n) is 4.70. The van der Waals surface area contributed by atoms with E-state index in [9.17, 15) is 0 Å². The highest BCUT2D eigenvalue weighted by Crippen LogP contribution is 2.29. The lowest BCUT2D eigenvalue weighted by molar-refractivity contribution is 0.0501. The Labute approximate surface area is 120 Å². The molecule has 3 unspecified atom stereocenters. The number of piperidine rings is 1. The van der Waals surface area contributed by atoms with Crippen LogP contribution in [0.2, 0.25) is 0 Å². The van der Waals surface area contributed by atoms with Crippen LogP contribution in [0, 0.1) is 0 Å². The van der Waals surface area contributed by atoms with Gasteiger partial charge in [-0.1, -0.05) is 31.9 Å². The molecule has 1 aliphatic heterocycles. The van der Waals surface area contributed by atoms with Crippen LogP contribution in [-0.2, 0) is 0 Å². The lowest BCUT2D eigenvalue weighted by Crippen LogP contribution is -2.55. The molecule has 1 rings (SSSR count). The van der Waals surface area contributed by atoms with Gasteiger partial charge in [-0.15, -0.1) is 0 Å². The van der Waals surface area contributed by atoms with Gasteiger partial charge < -0.3 is 5.32 Å². The molecule has 0 spiro atoms. The quantitative estimate of drug-likeness (QED) is 0.732. The van der Waals surface area contributed by atoms with Gasteiger partial charge in [0, 0.05) is 24.2 Å². The predicted molar refractivity (Wildman–Crippen MR) is 85.6 cm³/mol. The summed E-state index contributed by atoms with van der Waals surface area (Å²) in [6.07, 6.45) is 8.83. The first-order valence-electron chi connectivity index (χ1n) is 8.15. The van der Waals surface area contributed by atoms with Gasteiger partial charge in [0.15, 0.2) is 0 Å². The summed E-state index contributed by atoms with van der Waals surface area (Å²) in [6, 6.07) is 2.69. The van der Waals surface area contributed by atoms with E-state index in [0.29, 0.717) is 18.1 Å². The van der Waals surface area contributed by atoms with Crippen molar-refractivity contribution in [3.8, 4) is 0 Å². The van der Waals surface area contributed by atoms with Crippen LogP contribution in [0.5, 0.6) is 0 Å². The molecule has 1 aliphatic rings. The Morgan fingerprint density at radius 1 is 1.37 bits per heavy atom. The molecule has 0 aromatic heterocycles. The highest BCUT2D eigenvalue weighted by Gasteiger charge is 2.34. The van der Waals surface area contributed by atoms with E-state index in [-0.39, 0.29) is 0 Å². The molecule has 1 saturated heterocycles. The second kappa shape index (κ2) is 8.06. The Bertz CT molecular complexity index is 285. The van der Waals surface area contributed by atoms with Gasteiger partial charge in [-0.3, -0.25) is 4.90 Å². The second-order valence-corrected chi connectivity index (χ2v) is 6.30. The van der Waals surface area contributed by atoms with Gasteiger partial charge in [0.1, 0.15) is 0 Å². The summed E-state index contributed by atoms with van der Waals surface area (Å²) >= 11 is 0. The molecular formula is C17H34N2. The van der Waals surface area contributed by atoms with Gasteiger partial charge in [-0.2, -0.15) is 0 Å². The standard InChI is InChI=1S/C17H34N2/c1-7-9-17-12-16(18-6)11-15(5)19(17)14(4)10-13(3)8-2/h10,14-18H,7-9,11-12H2,1-6H3/b13-10+/t14?,15-,16?,17?/m1/s1. The topological polar surface area (TPSA) is 15.3 Å². The number of hydrogen-bond donors (Lipinski definition) is 1. The van der Waals surface area contributed by atoms with E-state index >= 15 is 0 Å². The molecular weight excluding hydrogens is 232 g/mol. The molecule has 4 atom stereocenters. The molecule has 112 valence electrons. The summed E-state index contributed by atoms with van der Waals surface area (Å²) in [7, 11) is 2.11. The van der Waals surface area contributed by atoms with Crippen LogP contribution < -0.4 is 5.32 Å². The first-order valence-corrected chi connectivity index (χ1v) is 8.15. The molecule has 0 amide bonds. The zero-order valence-corrected chi connectivity index (χ0v) is 13.9. The third-order valence-corrected chi connectivity index (χ3v) is 4.70.